The van der Waals surface area contributed by atoms with Gasteiger partial charge < -0.3 is 10.1 Å². The Bertz CT molecular complexity index is 1370. The smallest absolute Gasteiger partial charge is 0.249 e. The number of methoxy groups -OCH3 is 1. The van der Waals surface area contributed by atoms with Gasteiger partial charge in [-0.05, 0) is 49.2 Å². The molecule has 0 aliphatic rings. The van der Waals surface area contributed by atoms with Gasteiger partial charge in [0.1, 0.15) is 23.9 Å². The zero-order valence-electron chi connectivity index (χ0n) is 20.4. The maximum atomic E-state index is 14.7. The predicted molar refractivity (Wildman–Crippen MR) is 135 cm³/mol. The number of hydrogen-bond donors (Lipinski definition) is 1. The second-order valence-corrected chi connectivity index (χ2v) is 8.53. The maximum Gasteiger partial charge on any atom is 0.249 e. The lowest BCUT2D eigenvalue weighted by atomic mass is 10.0. The second kappa shape index (κ2) is 11.1. The van der Waals surface area contributed by atoms with E-state index in [1.807, 2.05) is 37.3 Å². The Labute approximate surface area is 208 Å². The van der Waals surface area contributed by atoms with Crippen molar-refractivity contribution in [1.82, 2.24) is 20.3 Å². The van der Waals surface area contributed by atoms with Gasteiger partial charge in [-0.15, -0.1) is 5.10 Å². The molecule has 36 heavy (non-hydrogen) atoms. The van der Waals surface area contributed by atoms with Crippen LogP contribution in [0.2, 0.25) is 0 Å². The molecule has 2 amide bonds. The molecule has 0 spiro atoms. The van der Waals surface area contributed by atoms with Crippen LogP contribution in [0.15, 0.2) is 66.7 Å². The van der Waals surface area contributed by atoms with E-state index in [9.17, 15) is 14.0 Å². The van der Waals surface area contributed by atoms with Gasteiger partial charge >= 0.3 is 0 Å². The van der Waals surface area contributed by atoms with Crippen LogP contribution >= 0.6 is 0 Å². The third kappa shape index (κ3) is 5.41. The fraction of sp³-hybridized carbons (Fsp3) is 0.259. The first-order valence-electron chi connectivity index (χ1n) is 11.6. The standard InChI is InChI=1S/C27H28FN5O3/c1-18-8-11-20(12-9-18)26(27(35)29-14-15-36-3)33(21-13-10-19(2)22(28)16-21)25(34)17-32-24-7-5-4-6-23(24)30-31-32/h4-13,16,26H,14-15,17H2,1-3H3,(H,29,35)/t26-/m0/s1. The van der Waals surface area contributed by atoms with E-state index in [0.717, 1.165) is 5.56 Å². The molecule has 4 rings (SSSR count). The molecule has 0 aliphatic carbocycles. The molecule has 3 aromatic carbocycles. The van der Waals surface area contributed by atoms with Gasteiger partial charge in [0.2, 0.25) is 11.8 Å². The van der Waals surface area contributed by atoms with E-state index in [2.05, 4.69) is 15.6 Å². The molecule has 9 heteroatoms. The number of amides is 2. The molecule has 0 saturated carbocycles. The van der Waals surface area contributed by atoms with Gasteiger partial charge in [-0.3, -0.25) is 14.5 Å². The molecule has 0 bridgehead atoms. The van der Waals surface area contributed by atoms with E-state index in [0.29, 0.717) is 28.8 Å². The number of nitrogens with zero attached hydrogens (tertiary/aromatic N) is 4. The van der Waals surface area contributed by atoms with Gasteiger partial charge in [0.15, 0.2) is 0 Å². The van der Waals surface area contributed by atoms with Crippen molar-refractivity contribution in [3.63, 3.8) is 0 Å². The number of carbonyl (C=O) groups excluding carboxylic acids is 2. The minimum absolute atomic E-state index is 0.191. The third-order valence-electron chi connectivity index (χ3n) is 5.91. The van der Waals surface area contributed by atoms with Gasteiger partial charge in [0, 0.05) is 19.3 Å². The SMILES string of the molecule is COCCNC(=O)[C@H](c1ccc(C)cc1)N(C(=O)Cn1nnc2ccccc21)c1ccc(C)c(F)c1. The highest BCUT2D eigenvalue weighted by Crippen LogP contribution is 2.30. The number of para-hydroxylation sites is 1. The second-order valence-electron chi connectivity index (χ2n) is 8.53. The number of fused-ring (bicyclic) bond motifs is 1. The molecule has 186 valence electrons. The van der Waals surface area contributed by atoms with E-state index < -0.39 is 23.7 Å². The molecule has 1 N–H and O–H groups in total. The van der Waals surface area contributed by atoms with Crippen molar-refractivity contribution in [2.24, 2.45) is 0 Å². The molecule has 1 aromatic heterocycles. The number of aromatic nitrogens is 3. The Morgan fingerprint density at radius 2 is 1.83 bits per heavy atom. The summed E-state index contributed by atoms with van der Waals surface area (Å²) in [7, 11) is 1.54. The lowest BCUT2D eigenvalue weighted by Gasteiger charge is -2.32. The van der Waals surface area contributed by atoms with Gasteiger partial charge in [-0.25, -0.2) is 9.07 Å². The first-order valence-corrected chi connectivity index (χ1v) is 11.6. The van der Waals surface area contributed by atoms with Crippen molar-refractivity contribution in [3.05, 3.63) is 89.2 Å². The number of rotatable bonds is 9. The van der Waals surface area contributed by atoms with Crippen molar-refractivity contribution in [2.45, 2.75) is 26.4 Å². The van der Waals surface area contributed by atoms with Gasteiger partial charge in [0.05, 0.1) is 12.1 Å². The van der Waals surface area contributed by atoms with Crippen LogP contribution in [-0.4, -0.2) is 47.1 Å². The number of halogens is 1. The van der Waals surface area contributed by atoms with Crippen LogP contribution in [0, 0.1) is 19.7 Å². The summed E-state index contributed by atoms with van der Waals surface area (Å²) in [6.07, 6.45) is 0. The number of ether oxygens (including phenoxy) is 1. The molecule has 4 aromatic rings. The summed E-state index contributed by atoms with van der Waals surface area (Å²) in [6.45, 7) is 3.96. The van der Waals surface area contributed by atoms with Crippen molar-refractivity contribution in [1.29, 1.82) is 0 Å². The summed E-state index contributed by atoms with van der Waals surface area (Å²) in [6, 6.07) is 18.1. The van der Waals surface area contributed by atoms with Crippen LogP contribution in [0.25, 0.3) is 11.0 Å². The van der Waals surface area contributed by atoms with E-state index in [4.69, 9.17) is 4.74 Å². The quantitative estimate of drug-likeness (QED) is 0.362. The van der Waals surface area contributed by atoms with Crippen LogP contribution in [0.5, 0.6) is 0 Å². The van der Waals surface area contributed by atoms with E-state index >= 15 is 0 Å². The van der Waals surface area contributed by atoms with E-state index in [1.54, 1.807) is 37.3 Å². The summed E-state index contributed by atoms with van der Waals surface area (Å²) in [4.78, 5) is 28.7. The molecular weight excluding hydrogens is 461 g/mol. The number of hydrogen-bond acceptors (Lipinski definition) is 5. The number of carbonyl (C=O) groups is 2. The first-order chi connectivity index (χ1) is 17.4. The third-order valence-corrected chi connectivity index (χ3v) is 5.91. The fourth-order valence-corrected chi connectivity index (χ4v) is 3.95. The highest BCUT2D eigenvalue weighted by Gasteiger charge is 2.33. The largest absolute Gasteiger partial charge is 0.383 e. The van der Waals surface area contributed by atoms with E-state index in [-0.39, 0.29) is 18.8 Å². The predicted octanol–water partition coefficient (Wildman–Crippen LogP) is 3.72. The number of nitrogens with one attached hydrogen (secondary N) is 1. The topological polar surface area (TPSA) is 89.4 Å². The number of anilines is 1. The molecule has 1 heterocycles. The zero-order chi connectivity index (χ0) is 25.7. The maximum absolute atomic E-state index is 14.7. The van der Waals surface area contributed by atoms with Crippen molar-refractivity contribution < 1.29 is 18.7 Å². The van der Waals surface area contributed by atoms with Crippen molar-refractivity contribution in [3.8, 4) is 0 Å². The summed E-state index contributed by atoms with van der Waals surface area (Å²) >= 11 is 0. The Kier molecular flexibility index (Phi) is 7.70. The molecule has 0 radical (unpaired) electrons. The summed E-state index contributed by atoms with van der Waals surface area (Å²) in [5, 5.41) is 11.1. The van der Waals surface area contributed by atoms with Crippen LogP contribution in [0.4, 0.5) is 10.1 Å². The average molecular weight is 490 g/mol. The molecule has 1 atom stereocenters. The van der Waals surface area contributed by atoms with Crippen molar-refractivity contribution in [2.75, 3.05) is 25.2 Å². The van der Waals surface area contributed by atoms with E-state index in [1.165, 1.54) is 22.8 Å². The molecule has 0 fully saturated rings. The number of benzene rings is 3. The Morgan fingerprint density at radius 3 is 2.56 bits per heavy atom. The van der Waals surface area contributed by atoms with Crippen LogP contribution in [-0.2, 0) is 20.9 Å². The molecule has 8 nitrogen and oxygen atoms in total. The minimum atomic E-state index is -1.05. The first kappa shape index (κ1) is 25.0. The van der Waals surface area contributed by atoms with Gasteiger partial charge in [-0.2, -0.15) is 0 Å². The molecule has 0 aliphatic heterocycles. The monoisotopic (exact) mass is 489 g/mol. The number of aryl methyl sites for hydroxylation is 2. The lowest BCUT2D eigenvalue weighted by Crippen LogP contribution is -2.46. The normalized spacial score (nSPS) is 11.9. The highest BCUT2D eigenvalue weighted by atomic mass is 19.1. The van der Waals surface area contributed by atoms with Gasteiger partial charge in [0.25, 0.3) is 0 Å². The van der Waals surface area contributed by atoms with Crippen LogP contribution in [0.1, 0.15) is 22.7 Å². The average Bonchev–Trinajstić information content (AvgIpc) is 3.27. The summed E-state index contributed by atoms with van der Waals surface area (Å²) in [5.74, 6) is -1.32. The minimum Gasteiger partial charge on any atom is -0.383 e. The van der Waals surface area contributed by atoms with Crippen molar-refractivity contribution >= 4 is 28.5 Å². The zero-order valence-corrected chi connectivity index (χ0v) is 20.4. The lowest BCUT2D eigenvalue weighted by molar-refractivity contribution is -0.127. The highest BCUT2D eigenvalue weighted by molar-refractivity contribution is 6.01. The van der Waals surface area contributed by atoms with Crippen LogP contribution < -0.4 is 10.2 Å². The Hall–Kier alpha value is -4.11. The summed E-state index contributed by atoms with van der Waals surface area (Å²) in [5.41, 5.74) is 3.62. The molecule has 0 saturated heterocycles. The Morgan fingerprint density at radius 1 is 1.08 bits per heavy atom. The summed E-state index contributed by atoms with van der Waals surface area (Å²) < 4.78 is 21.2. The Balaban J connectivity index is 1.79. The molecule has 0 unspecified atom stereocenters. The fourth-order valence-electron chi connectivity index (χ4n) is 3.95. The van der Waals surface area contributed by atoms with Gasteiger partial charge in [-0.1, -0.05) is 53.2 Å². The molecular formula is C27H28FN5O3. The van der Waals surface area contributed by atoms with Crippen LogP contribution in [0.3, 0.4) is 0 Å².